The van der Waals surface area contributed by atoms with Crippen LogP contribution in [0, 0.1) is 5.92 Å². The van der Waals surface area contributed by atoms with Gasteiger partial charge in [0.15, 0.2) is 0 Å². The summed E-state index contributed by atoms with van der Waals surface area (Å²) in [6, 6.07) is 4.63. The molecule has 0 radical (unpaired) electrons. The monoisotopic (exact) mass is 813 g/mol. The second-order valence-electron chi connectivity index (χ2n) is 13.7. The molecule has 0 spiro atoms. The fourth-order valence-corrected chi connectivity index (χ4v) is 5.37. The maximum absolute atomic E-state index is 13.8. The Labute approximate surface area is 333 Å². The van der Waals surface area contributed by atoms with E-state index < -0.39 is 115 Å². The number of aliphatic carboxylic acids is 1. The zero-order chi connectivity index (χ0) is 43.5. The minimum Gasteiger partial charge on any atom is -0.508 e. The lowest BCUT2D eigenvalue weighted by Crippen LogP contribution is -2.60. The molecule has 0 aliphatic heterocycles. The van der Waals surface area contributed by atoms with E-state index >= 15 is 0 Å². The molecule has 0 saturated carbocycles. The van der Waals surface area contributed by atoms with E-state index in [2.05, 4.69) is 31.9 Å². The number of aliphatic hydroxyl groups excluding tert-OH is 1. The van der Waals surface area contributed by atoms with Crippen LogP contribution in [0.15, 0.2) is 54.6 Å². The van der Waals surface area contributed by atoms with Crippen molar-refractivity contribution < 1.29 is 58.5 Å². The van der Waals surface area contributed by atoms with E-state index in [1.54, 1.807) is 30.3 Å². The SMILES string of the molecule is CC(C)CC(NC(=O)CNC(=O)C(Cc1ccccc1)NC(=O)C(CC(=O)O)NC(=O)C(Cc1ccc(O)cc1)NC(=O)C(CO)NC(=O)C(N)CC(N)=O)C(N)=O. The number of carboxylic acids is 1. The summed E-state index contributed by atoms with van der Waals surface area (Å²) in [5.74, 6) is -9.37. The van der Waals surface area contributed by atoms with Gasteiger partial charge in [0.05, 0.1) is 32.0 Å². The third-order valence-corrected chi connectivity index (χ3v) is 8.32. The molecule has 58 heavy (non-hydrogen) atoms. The number of benzene rings is 2. The molecule has 6 atom stereocenters. The first-order valence-electron chi connectivity index (χ1n) is 18.1. The molecule has 0 heterocycles. The largest absolute Gasteiger partial charge is 0.508 e. The van der Waals surface area contributed by atoms with Crippen molar-refractivity contribution in [1.82, 2.24) is 31.9 Å². The number of hydrogen-bond donors (Lipinski definition) is 12. The van der Waals surface area contributed by atoms with Gasteiger partial charge in [-0.25, -0.2) is 0 Å². The highest BCUT2D eigenvalue weighted by molar-refractivity contribution is 5.98. The van der Waals surface area contributed by atoms with Crippen molar-refractivity contribution in [2.75, 3.05) is 13.2 Å². The van der Waals surface area contributed by atoms with Crippen molar-refractivity contribution in [3.05, 3.63) is 65.7 Å². The molecular weight excluding hydrogens is 762 g/mol. The molecule has 0 fully saturated rings. The van der Waals surface area contributed by atoms with Gasteiger partial charge in [-0.3, -0.25) is 43.2 Å². The van der Waals surface area contributed by atoms with Gasteiger partial charge in [-0.05, 0) is 35.6 Å². The average molecular weight is 814 g/mol. The number of nitrogens with one attached hydrogen (secondary N) is 6. The summed E-state index contributed by atoms with van der Waals surface area (Å²) < 4.78 is 0. The lowest BCUT2D eigenvalue weighted by atomic mass is 10.0. The van der Waals surface area contributed by atoms with Gasteiger partial charge in [0, 0.05) is 12.8 Å². The lowest BCUT2D eigenvalue weighted by Gasteiger charge is -2.26. The fraction of sp³-hybridized carbons (Fsp3) is 0.432. The van der Waals surface area contributed by atoms with E-state index in [9.17, 15) is 58.5 Å². The summed E-state index contributed by atoms with van der Waals surface area (Å²) in [5, 5.41) is 43.2. The standard InChI is InChI=1S/C37H51N9O12/c1-19(2)12-24(32(40)53)42-30(50)17-41-34(55)25(13-20-6-4-3-5-7-20)43-36(57)27(16-31(51)52)45-35(56)26(14-21-8-10-22(48)11-9-21)44-37(58)28(18-47)46-33(54)23(38)15-29(39)49/h3-11,19,23-28,47-48H,12-18,38H2,1-2H3,(H2,39,49)(H2,40,53)(H,41,55)(H,42,50)(H,43,57)(H,44,58)(H,45,56)(H,46,54)(H,51,52). The van der Waals surface area contributed by atoms with Crippen molar-refractivity contribution in [3.63, 3.8) is 0 Å². The molecule has 2 aromatic rings. The van der Waals surface area contributed by atoms with Crippen LogP contribution in [0.1, 0.15) is 44.2 Å². The van der Waals surface area contributed by atoms with Crippen LogP contribution < -0.4 is 49.1 Å². The van der Waals surface area contributed by atoms with Crippen LogP contribution in [0.5, 0.6) is 5.75 Å². The number of carboxylic acid groups (broad SMARTS) is 1. The zero-order valence-corrected chi connectivity index (χ0v) is 31.9. The first kappa shape index (κ1) is 47.5. The molecule has 6 unspecified atom stereocenters. The number of primary amides is 2. The number of amides is 8. The van der Waals surface area contributed by atoms with Gasteiger partial charge in [0.25, 0.3) is 0 Å². The maximum atomic E-state index is 13.8. The normalized spacial score (nSPS) is 13.9. The molecule has 15 N–H and O–H groups in total. The highest BCUT2D eigenvalue weighted by Gasteiger charge is 2.33. The molecule has 0 saturated heterocycles. The Morgan fingerprint density at radius 3 is 1.64 bits per heavy atom. The molecule has 0 aliphatic carbocycles. The Morgan fingerprint density at radius 1 is 0.621 bits per heavy atom. The number of phenolic OH excluding ortho intramolecular Hbond substituents is 1. The van der Waals surface area contributed by atoms with Gasteiger partial charge in [-0.15, -0.1) is 0 Å². The first-order valence-corrected chi connectivity index (χ1v) is 18.1. The molecular formula is C37H51N9O12. The topological polar surface area (TPSA) is 365 Å². The van der Waals surface area contributed by atoms with Gasteiger partial charge >= 0.3 is 5.97 Å². The Kier molecular flexibility index (Phi) is 19.2. The van der Waals surface area contributed by atoms with Crippen LogP contribution in [-0.2, 0) is 56.0 Å². The Morgan fingerprint density at radius 2 is 1.12 bits per heavy atom. The van der Waals surface area contributed by atoms with Crippen LogP contribution >= 0.6 is 0 Å². The molecule has 8 amide bonds. The van der Waals surface area contributed by atoms with Crippen LogP contribution in [0.25, 0.3) is 0 Å². The van der Waals surface area contributed by atoms with Crippen LogP contribution in [-0.4, -0.2) is 118 Å². The minimum absolute atomic E-state index is 0.00153. The minimum atomic E-state index is -1.86. The van der Waals surface area contributed by atoms with E-state index in [1.165, 1.54) is 24.3 Å². The van der Waals surface area contributed by atoms with E-state index in [0.717, 1.165) is 0 Å². The molecule has 0 bridgehead atoms. The number of aliphatic hydroxyl groups is 1. The van der Waals surface area contributed by atoms with Gasteiger partial charge < -0.3 is 64.4 Å². The highest BCUT2D eigenvalue weighted by Crippen LogP contribution is 2.13. The quantitative estimate of drug-likeness (QED) is 0.0480. The second-order valence-corrected chi connectivity index (χ2v) is 13.7. The number of rotatable bonds is 24. The molecule has 2 rings (SSSR count). The molecule has 2 aromatic carbocycles. The molecule has 0 aromatic heterocycles. The highest BCUT2D eigenvalue weighted by atomic mass is 16.4. The molecule has 0 aliphatic rings. The van der Waals surface area contributed by atoms with E-state index in [1.807, 2.05) is 13.8 Å². The number of carbonyl (C=O) groups excluding carboxylic acids is 8. The summed E-state index contributed by atoms with van der Waals surface area (Å²) in [6.45, 7) is 2.02. The summed E-state index contributed by atoms with van der Waals surface area (Å²) in [6.07, 6.45) is -1.81. The van der Waals surface area contributed by atoms with E-state index in [-0.39, 0.29) is 30.9 Å². The van der Waals surface area contributed by atoms with Crippen LogP contribution in [0.2, 0.25) is 0 Å². The third kappa shape index (κ3) is 17.0. The number of carbonyl (C=O) groups is 9. The van der Waals surface area contributed by atoms with Gasteiger partial charge in [0.1, 0.15) is 36.0 Å². The van der Waals surface area contributed by atoms with Crippen molar-refractivity contribution >= 4 is 53.2 Å². The van der Waals surface area contributed by atoms with E-state index in [0.29, 0.717) is 11.1 Å². The summed E-state index contributed by atoms with van der Waals surface area (Å²) in [7, 11) is 0. The average Bonchev–Trinajstić information content (AvgIpc) is 3.15. The Balaban J connectivity index is 2.34. The van der Waals surface area contributed by atoms with Gasteiger partial charge in [0.2, 0.25) is 47.3 Å². The Hall–Kier alpha value is -6.61. The maximum Gasteiger partial charge on any atom is 0.305 e. The van der Waals surface area contributed by atoms with Gasteiger partial charge in [-0.1, -0.05) is 56.3 Å². The predicted octanol–water partition coefficient (Wildman–Crippen LogP) is -4.08. The van der Waals surface area contributed by atoms with Crippen molar-refractivity contribution in [1.29, 1.82) is 0 Å². The zero-order valence-electron chi connectivity index (χ0n) is 31.9. The van der Waals surface area contributed by atoms with Crippen molar-refractivity contribution in [3.8, 4) is 5.75 Å². The summed E-state index contributed by atoms with van der Waals surface area (Å²) in [4.78, 5) is 114. The van der Waals surface area contributed by atoms with E-state index in [4.69, 9.17) is 17.2 Å². The predicted molar refractivity (Wildman–Crippen MR) is 204 cm³/mol. The molecule has 21 nitrogen and oxygen atoms in total. The Bertz CT molecular complexity index is 1780. The number of phenols is 1. The molecule has 316 valence electrons. The summed E-state index contributed by atoms with van der Waals surface area (Å²) in [5.41, 5.74) is 17.0. The smallest absolute Gasteiger partial charge is 0.305 e. The third-order valence-electron chi connectivity index (χ3n) is 8.32. The van der Waals surface area contributed by atoms with Crippen LogP contribution in [0.4, 0.5) is 0 Å². The van der Waals surface area contributed by atoms with Crippen molar-refractivity contribution in [2.24, 2.45) is 23.1 Å². The number of nitrogens with two attached hydrogens (primary N) is 3. The number of hydrogen-bond acceptors (Lipinski definition) is 12. The fourth-order valence-electron chi connectivity index (χ4n) is 5.37. The summed E-state index contributed by atoms with van der Waals surface area (Å²) >= 11 is 0. The van der Waals surface area contributed by atoms with Crippen molar-refractivity contribution in [2.45, 2.75) is 82.2 Å². The molecule has 21 heteroatoms. The number of aromatic hydroxyl groups is 1. The second kappa shape index (κ2) is 23.5. The first-order chi connectivity index (χ1) is 27.3. The van der Waals surface area contributed by atoms with Gasteiger partial charge in [-0.2, -0.15) is 0 Å². The lowest BCUT2D eigenvalue weighted by molar-refractivity contribution is -0.141. The van der Waals surface area contributed by atoms with Crippen LogP contribution in [0.3, 0.4) is 0 Å².